The van der Waals surface area contributed by atoms with Crippen LogP contribution in [0.5, 0.6) is 0 Å². The predicted molar refractivity (Wildman–Crippen MR) is 104 cm³/mol. The van der Waals surface area contributed by atoms with Crippen molar-refractivity contribution in [3.05, 3.63) is 29.8 Å². The first-order valence-corrected chi connectivity index (χ1v) is 9.56. The highest BCUT2D eigenvalue weighted by Gasteiger charge is 2.33. The van der Waals surface area contributed by atoms with Crippen LogP contribution in [0.2, 0.25) is 0 Å². The van der Waals surface area contributed by atoms with Crippen LogP contribution < -0.4 is 16.8 Å². The molecule has 0 spiro atoms. The van der Waals surface area contributed by atoms with Gasteiger partial charge < -0.3 is 16.8 Å². The van der Waals surface area contributed by atoms with Crippen molar-refractivity contribution in [2.45, 2.75) is 46.1 Å². The quantitative estimate of drug-likeness (QED) is 0.660. The second-order valence-corrected chi connectivity index (χ2v) is 7.30. The minimum absolute atomic E-state index is 0.00402. The first-order chi connectivity index (χ1) is 12.4. The first kappa shape index (κ1) is 20.4. The van der Waals surface area contributed by atoms with Crippen LogP contribution in [0, 0.1) is 11.3 Å². The van der Waals surface area contributed by atoms with Gasteiger partial charge in [-0.1, -0.05) is 26.0 Å². The number of likely N-dealkylation sites (tertiary alicyclic amines) is 1. The van der Waals surface area contributed by atoms with Gasteiger partial charge in [-0.05, 0) is 56.5 Å². The number of carbonyl (C=O) groups excluding carboxylic acids is 2. The van der Waals surface area contributed by atoms with Crippen LogP contribution in [-0.4, -0.2) is 36.3 Å². The van der Waals surface area contributed by atoms with E-state index in [1.54, 1.807) is 0 Å². The molecule has 0 aromatic heterocycles. The van der Waals surface area contributed by atoms with Crippen molar-refractivity contribution < 1.29 is 9.59 Å². The molecule has 1 fully saturated rings. The Balaban J connectivity index is 1.98. The van der Waals surface area contributed by atoms with Crippen LogP contribution in [-0.2, 0) is 16.1 Å². The number of hydrogen-bond donors (Lipinski definition) is 3. The Bertz CT molecular complexity index is 612. The van der Waals surface area contributed by atoms with Gasteiger partial charge in [-0.3, -0.25) is 14.5 Å². The lowest BCUT2D eigenvalue weighted by Gasteiger charge is -2.30. The molecule has 5 N–H and O–H groups in total. The Labute approximate surface area is 156 Å². The third-order valence-corrected chi connectivity index (χ3v) is 5.81. The number of nitrogens with zero attached hydrogens (tertiary/aromatic N) is 1. The molecule has 1 aliphatic heterocycles. The lowest BCUT2D eigenvalue weighted by Crippen LogP contribution is -2.41. The Morgan fingerprint density at radius 3 is 2.42 bits per heavy atom. The number of benzene rings is 1. The molecular formula is C20H32N4O2. The van der Waals surface area contributed by atoms with Crippen molar-refractivity contribution in [1.82, 2.24) is 4.90 Å². The maximum atomic E-state index is 12.7. The molecule has 1 heterocycles. The minimum atomic E-state index is -0.507. The highest BCUT2D eigenvalue weighted by Crippen LogP contribution is 2.27. The van der Waals surface area contributed by atoms with Gasteiger partial charge in [0, 0.05) is 24.7 Å². The van der Waals surface area contributed by atoms with Crippen molar-refractivity contribution >= 4 is 17.5 Å². The van der Waals surface area contributed by atoms with Crippen molar-refractivity contribution in [1.29, 1.82) is 0 Å². The fraction of sp³-hybridized carbons (Fsp3) is 0.600. The van der Waals surface area contributed by atoms with E-state index in [2.05, 4.69) is 16.3 Å². The summed E-state index contributed by atoms with van der Waals surface area (Å²) >= 11 is 0. The summed E-state index contributed by atoms with van der Waals surface area (Å²) in [6.45, 7) is 6.89. The average molecular weight is 361 g/mol. The fourth-order valence-corrected chi connectivity index (χ4v) is 3.60. The van der Waals surface area contributed by atoms with Crippen LogP contribution in [0.15, 0.2) is 24.3 Å². The molecule has 0 radical (unpaired) electrons. The van der Waals surface area contributed by atoms with Gasteiger partial charge >= 0.3 is 0 Å². The van der Waals surface area contributed by atoms with Crippen molar-refractivity contribution in [2.75, 3.05) is 25.0 Å². The van der Waals surface area contributed by atoms with E-state index >= 15 is 0 Å². The molecule has 0 aliphatic carbocycles. The van der Waals surface area contributed by atoms with Gasteiger partial charge in [0.2, 0.25) is 11.8 Å². The summed E-state index contributed by atoms with van der Waals surface area (Å²) in [5.74, 6) is -0.196. The Kier molecular flexibility index (Phi) is 7.17. The zero-order chi connectivity index (χ0) is 19.2. The van der Waals surface area contributed by atoms with E-state index in [9.17, 15) is 9.59 Å². The maximum Gasteiger partial charge on any atom is 0.231 e. The highest BCUT2D eigenvalue weighted by molar-refractivity contribution is 5.95. The van der Waals surface area contributed by atoms with E-state index in [4.69, 9.17) is 11.5 Å². The summed E-state index contributed by atoms with van der Waals surface area (Å²) in [6, 6.07) is 7.95. The number of piperidine rings is 1. The molecule has 0 bridgehead atoms. The van der Waals surface area contributed by atoms with E-state index in [0.29, 0.717) is 6.54 Å². The van der Waals surface area contributed by atoms with Gasteiger partial charge in [0.15, 0.2) is 0 Å². The Morgan fingerprint density at radius 2 is 1.88 bits per heavy atom. The van der Waals surface area contributed by atoms with E-state index in [1.165, 1.54) is 0 Å². The van der Waals surface area contributed by atoms with E-state index < -0.39 is 5.41 Å². The molecule has 1 aromatic carbocycles. The van der Waals surface area contributed by atoms with E-state index in [-0.39, 0.29) is 17.7 Å². The number of amides is 2. The topological polar surface area (TPSA) is 101 Å². The molecule has 1 aromatic rings. The maximum absolute atomic E-state index is 12.7. The van der Waals surface area contributed by atoms with Gasteiger partial charge in [-0.15, -0.1) is 0 Å². The smallest absolute Gasteiger partial charge is 0.231 e. The van der Waals surface area contributed by atoms with E-state index in [0.717, 1.165) is 56.6 Å². The Morgan fingerprint density at radius 1 is 1.23 bits per heavy atom. The monoisotopic (exact) mass is 360 g/mol. The number of carbonyl (C=O) groups is 2. The highest BCUT2D eigenvalue weighted by atomic mass is 16.2. The second kappa shape index (κ2) is 9.14. The summed E-state index contributed by atoms with van der Waals surface area (Å²) in [5, 5.41) is 3.04. The number of anilines is 1. The number of nitrogens with one attached hydrogen (secondary N) is 1. The Hall–Kier alpha value is -1.92. The van der Waals surface area contributed by atoms with Gasteiger partial charge in [0.05, 0.1) is 5.41 Å². The van der Waals surface area contributed by atoms with Crippen LogP contribution in [0.25, 0.3) is 0 Å². The van der Waals surface area contributed by atoms with E-state index in [1.807, 2.05) is 32.0 Å². The normalized spacial score (nSPS) is 16.4. The summed E-state index contributed by atoms with van der Waals surface area (Å²) in [7, 11) is 0. The fourth-order valence-electron chi connectivity index (χ4n) is 3.60. The number of rotatable bonds is 8. The summed E-state index contributed by atoms with van der Waals surface area (Å²) in [4.78, 5) is 26.3. The SMILES string of the molecule is CCC(CC)(CN)C(=O)Nc1cccc(CN2CCC(C(N)=O)CC2)c1. The second-order valence-electron chi connectivity index (χ2n) is 7.30. The van der Waals surface area contributed by atoms with Gasteiger partial charge in [-0.2, -0.15) is 0 Å². The van der Waals surface area contributed by atoms with Crippen molar-refractivity contribution in [3.63, 3.8) is 0 Å². The van der Waals surface area contributed by atoms with Crippen LogP contribution in [0.3, 0.4) is 0 Å². The molecule has 0 saturated carbocycles. The van der Waals surface area contributed by atoms with Crippen molar-refractivity contribution in [3.8, 4) is 0 Å². The molecule has 2 rings (SSSR count). The minimum Gasteiger partial charge on any atom is -0.369 e. The number of primary amides is 1. The third-order valence-electron chi connectivity index (χ3n) is 5.81. The molecule has 6 heteroatoms. The number of nitrogens with two attached hydrogens (primary N) is 2. The largest absolute Gasteiger partial charge is 0.369 e. The summed E-state index contributed by atoms with van der Waals surface area (Å²) < 4.78 is 0. The zero-order valence-electron chi connectivity index (χ0n) is 16.0. The van der Waals surface area contributed by atoms with Crippen molar-refractivity contribution in [2.24, 2.45) is 22.8 Å². The predicted octanol–water partition coefficient (Wildman–Crippen LogP) is 2.09. The molecule has 26 heavy (non-hydrogen) atoms. The molecule has 2 amide bonds. The summed E-state index contributed by atoms with van der Waals surface area (Å²) in [5.41, 5.74) is 12.7. The van der Waals surface area contributed by atoms with Crippen LogP contribution in [0.4, 0.5) is 5.69 Å². The van der Waals surface area contributed by atoms with Gasteiger partial charge in [0.1, 0.15) is 0 Å². The van der Waals surface area contributed by atoms with Gasteiger partial charge in [-0.25, -0.2) is 0 Å². The summed E-state index contributed by atoms with van der Waals surface area (Å²) in [6.07, 6.45) is 3.08. The molecule has 0 unspecified atom stereocenters. The molecular weight excluding hydrogens is 328 g/mol. The van der Waals surface area contributed by atoms with Crippen LogP contribution >= 0.6 is 0 Å². The lowest BCUT2D eigenvalue weighted by molar-refractivity contribution is -0.125. The third kappa shape index (κ3) is 4.83. The zero-order valence-corrected chi connectivity index (χ0v) is 16.0. The average Bonchev–Trinajstić information content (AvgIpc) is 2.64. The number of hydrogen-bond acceptors (Lipinski definition) is 4. The molecule has 1 aliphatic rings. The van der Waals surface area contributed by atoms with Gasteiger partial charge in [0.25, 0.3) is 0 Å². The molecule has 1 saturated heterocycles. The standard InChI is InChI=1S/C20H32N4O2/c1-3-20(4-2,14-21)19(26)23-17-7-5-6-15(12-17)13-24-10-8-16(9-11-24)18(22)25/h5-7,12,16H,3-4,8-11,13-14,21H2,1-2H3,(H2,22,25)(H,23,26). The molecule has 144 valence electrons. The van der Waals surface area contributed by atoms with Crippen LogP contribution in [0.1, 0.15) is 45.1 Å². The first-order valence-electron chi connectivity index (χ1n) is 9.56. The molecule has 0 atom stereocenters. The lowest BCUT2D eigenvalue weighted by atomic mass is 9.81. The molecule has 6 nitrogen and oxygen atoms in total.